The number of likely N-dealkylation sites (tertiary alicyclic amines) is 1. The lowest BCUT2D eigenvalue weighted by atomic mass is 10.1. The lowest BCUT2D eigenvalue weighted by Gasteiger charge is -2.33. The van der Waals surface area contributed by atoms with Gasteiger partial charge in [0.25, 0.3) is 0 Å². The minimum atomic E-state index is 0.160. The van der Waals surface area contributed by atoms with Gasteiger partial charge in [-0.25, -0.2) is 0 Å². The van der Waals surface area contributed by atoms with Gasteiger partial charge in [-0.1, -0.05) is 23.7 Å². The third-order valence-electron chi connectivity index (χ3n) is 5.43. The van der Waals surface area contributed by atoms with Gasteiger partial charge in [0.2, 0.25) is 5.91 Å². The van der Waals surface area contributed by atoms with Crippen LogP contribution in [0, 0.1) is 0 Å². The van der Waals surface area contributed by atoms with E-state index in [1.54, 1.807) is 19.0 Å². The predicted molar refractivity (Wildman–Crippen MR) is 125 cm³/mol. The van der Waals surface area contributed by atoms with Crippen LogP contribution in [0.5, 0.6) is 0 Å². The van der Waals surface area contributed by atoms with Crippen molar-refractivity contribution in [1.82, 2.24) is 25.3 Å². The maximum Gasteiger partial charge on any atom is 0.236 e. The largest absolute Gasteiger partial charge is 0.357 e. The molecule has 0 aliphatic carbocycles. The zero-order valence-electron chi connectivity index (χ0n) is 19.0. The Bertz CT molecular complexity index is 683. The normalized spacial score (nSPS) is 17.1. The van der Waals surface area contributed by atoms with Crippen molar-refractivity contribution in [2.24, 2.45) is 4.99 Å². The maximum absolute atomic E-state index is 11.9. The first kappa shape index (κ1) is 24.4. The third-order valence-corrected chi connectivity index (χ3v) is 5.68. The van der Waals surface area contributed by atoms with Gasteiger partial charge in [-0.05, 0) is 51.6 Å². The third kappa shape index (κ3) is 7.78. The molecule has 1 saturated heterocycles. The molecule has 1 unspecified atom stereocenters. The highest BCUT2D eigenvalue weighted by molar-refractivity contribution is 6.30. The van der Waals surface area contributed by atoms with E-state index in [0.29, 0.717) is 19.1 Å². The van der Waals surface area contributed by atoms with Crippen LogP contribution in [0.1, 0.15) is 31.4 Å². The van der Waals surface area contributed by atoms with Crippen LogP contribution in [0.2, 0.25) is 5.02 Å². The van der Waals surface area contributed by atoms with Crippen LogP contribution < -0.4 is 10.6 Å². The smallest absolute Gasteiger partial charge is 0.236 e. The summed E-state index contributed by atoms with van der Waals surface area (Å²) in [5.41, 5.74) is 1.20. The monoisotopic (exact) mass is 436 g/mol. The molecule has 1 aliphatic heterocycles. The van der Waals surface area contributed by atoms with E-state index in [0.717, 1.165) is 43.5 Å². The summed E-state index contributed by atoms with van der Waals surface area (Å²) in [4.78, 5) is 22.8. The average Bonchev–Trinajstić information content (AvgIpc) is 2.70. The van der Waals surface area contributed by atoms with E-state index in [9.17, 15) is 4.79 Å². The number of aliphatic imine (C=N–C) groups is 1. The molecule has 0 spiro atoms. The van der Waals surface area contributed by atoms with E-state index >= 15 is 0 Å². The molecule has 0 radical (unpaired) electrons. The standard InChI is InChI=1S/C22H37ClN6O/c1-6-24-22(25-15-20(27(2)3)17-7-9-18(23)10-8-17)26-19-11-13-29(14-12-19)16-21(30)28(4)5/h7-10,19-20H,6,11-16H2,1-5H3,(H2,24,25,26). The van der Waals surface area contributed by atoms with Crippen LogP contribution in [0.4, 0.5) is 0 Å². The Hall–Kier alpha value is -1.83. The van der Waals surface area contributed by atoms with Gasteiger partial charge in [0.1, 0.15) is 0 Å². The molecular weight excluding hydrogens is 400 g/mol. The van der Waals surface area contributed by atoms with Crippen LogP contribution >= 0.6 is 11.6 Å². The van der Waals surface area contributed by atoms with Crippen molar-refractivity contribution in [2.45, 2.75) is 31.8 Å². The number of nitrogens with zero attached hydrogens (tertiary/aromatic N) is 4. The number of carbonyl (C=O) groups excluding carboxylic acids is 1. The van der Waals surface area contributed by atoms with Crippen LogP contribution in [0.25, 0.3) is 0 Å². The van der Waals surface area contributed by atoms with Crippen molar-refractivity contribution in [2.75, 3.05) is 60.9 Å². The molecular formula is C22H37ClN6O. The van der Waals surface area contributed by atoms with E-state index in [-0.39, 0.29) is 11.9 Å². The minimum Gasteiger partial charge on any atom is -0.357 e. The number of halogens is 1. The van der Waals surface area contributed by atoms with Crippen LogP contribution in [0.3, 0.4) is 0 Å². The van der Waals surface area contributed by atoms with Gasteiger partial charge in [-0.15, -0.1) is 0 Å². The van der Waals surface area contributed by atoms with Crippen molar-refractivity contribution in [1.29, 1.82) is 0 Å². The molecule has 0 aromatic heterocycles. The number of benzene rings is 1. The Morgan fingerprint density at radius 3 is 2.37 bits per heavy atom. The summed E-state index contributed by atoms with van der Waals surface area (Å²) < 4.78 is 0. The number of likely N-dealkylation sites (N-methyl/N-ethyl adjacent to an activating group) is 2. The van der Waals surface area contributed by atoms with Crippen molar-refractivity contribution < 1.29 is 4.79 Å². The van der Waals surface area contributed by atoms with E-state index in [2.05, 4.69) is 53.6 Å². The Morgan fingerprint density at radius 2 is 1.83 bits per heavy atom. The molecule has 0 bridgehead atoms. The quantitative estimate of drug-likeness (QED) is 0.482. The van der Waals surface area contributed by atoms with Gasteiger partial charge in [-0.3, -0.25) is 14.7 Å². The second-order valence-electron chi connectivity index (χ2n) is 8.23. The zero-order chi connectivity index (χ0) is 22.1. The number of carbonyl (C=O) groups is 1. The molecule has 7 nitrogen and oxygen atoms in total. The van der Waals surface area contributed by atoms with E-state index in [1.807, 2.05) is 12.1 Å². The fourth-order valence-electron chi connectivity index (χ4n) is 3.51. The van der Waals surface area contributed by atoms with E-state index < -0.39 is 0 Å². The highest BCUT2D eigenvalue weighted by atomic mass is 35.5. The van der Waals surface area contributed by atoms with Crippen molar-refractivity contribution >= 4 is 23.5 Å². The maximum atomic E-state index is 11.9. The molecule has 1 amide bonds. The fourth-order valence-corrected chi connectivity index (χ4v) is 3.64. The molecule has 1 fully saturated rings. The van der Waals surface area contributed by atoms with Gasteiger partial charge in [0, 0.05) is 44.8 Å². The second-order valence-corrected chi connectivity index (χ2v) is 8.67. The number of amides is 1. The molecule has 2 N–H and O–H groups in total. The first-order valence-electron chi connectivity index (χ1n) is 10.7. The zero-order valence-corrected chi connectivity index (χ0v) is 19.7. The molecule has 2 rings (SSSR count). The second kappa shape index (κ2) is 12.1. The lowest BCUT2D eigenvalue weighted by molar-refractivity contribution is -0.130. The lowest BCUT2D eigenvalue weighted by Crippen LogP contribution is -2.50. The molecule has 8 heteroatoms. The van der Waals surface area contributed by atoms with Crippen LogP contribution in [-0.2, 0) is 4.79 Å². The number of guanidine groups is 1. The molecule has 30 heavy (non-hydrogen) atoms. The minimum absolute atomic E-state index is 0.160. The highest BCUT2D eigenvalue weighted by Crippen LogP contribution is 2.21. The highest BCUT2D eigenvalue weighted by Gasteiger charge is 2.22. The first-order valence-corrected chi connectivity index (χ1v) is 11.1. The molecule has 168 valence electrons. The molecule has 0 saturated carbocycles. The molecule has 1 aliphatic rings. The van der Waals surface area contributed by atoms with Crippen molar-refractivity contribution in [3.05, 3.63) is 34.9 Å². The summed E-state index contributed by atoms with van der Waals surface area (Å²) in [7, 11) is 7.75. The van der Waals surface area contributed by atoms with Gasteiger partial charge in [-0.2, -0.15) is 0 Å². The SMILES string of the molecule is CCNC(=NCC(c1ccc(Cl)cc1)N(C)C)NC1CCN(CC(=O)N(C)C)CC1. The Morgan fingerprint density at radius 1 is 1.20 bits per heavy atom. The number of rotatable bonds is 8. The van der Waals surface area contributed by atoms with Gasteiger partial charge in [0.05, 0.1) is 19.1 Å². The fraction of sp³-hybridized carbons (Fsp3) is 0.636. The molecule has 1 aromatic rings. The number of hydrogen-bond donors (Lipinski definition) is 2. The Labute approximate surface area is 186 Å². The average molecular weight is 437 g/mol. The first-order chi connectivity index (χ1) is 14.3. The summed E-state index contributed by atoms with van der Waals surface area (Å²) in [6, 6.07) is 8.52. The molecule has 1 aromatic carbocycles. The number of hydrogen-bond acceptors (Lipinski definition) is 4. The summed E-state index contributed by atoms with van der Waals surface area (Å²) in [6.45, 7) is 5.88. The van der Waals surface area contributed by atoms with E-state index in [4.69, 9.17) is 16.6 Å². The topological polar surface area (TPSA) is 63.2 Å². The number of piperidine rings is 1. The number of nitrogens with one attached hydrogen (secondary N) is 2. The summed E-state index contributed by atoms with van der Waals surface area (Å²) in [6.07, 6.45) is 2.00. The predicted octanol–water partition coefficient (Wildman–Crippen LogP) is 2.05. The van der Waals surface area contributed by atoms with E-state index in [1.165, 1.54) is 5.56 Å². The molecule has 1 atom stereocenters. The van der Waals surface area contributed by atoms with Crippen molar-refractivity contribution in [3.63, 3.8) is 0 Å². The van der Waals surface area contributed by atoms with Gasteiger partial charge >= 0.3 is 0 Å². The summed E-state index contributed by atoms with van der Waals surface area (Å²) in [5, 5.41) is 7.70. The Kier molecular flexibility index (Phi) is 9.88. The summed E-state index contributed by atoms with van der Waals surface area (Å²) in [5.74, 6) is 1.01. The Balaban J connectivity index is 1.94. The van der Waals surface area contributed by atoms with Gasteiger partial charge in [0.15, 0.2) is 5.96 Å². The summed E-state index contributed by atoms with van der Waals surface area (Å²) >= 11 is 6.04. The molecule has 1 heterocycles. The van der Waals surface area contributed by atoms with Gasteiger partial charge < -0.3 is 20.4 Å². The van der Waals surface area contributed by atoms with Crippen LogP contribution in [-0.4, -0.2) is 93.5 Å². The van der Waals surface area contributed by atoms with Crippen molar-refractivity contribution in [3.8, 4) is 0 Å². The van der Waals surface area contributed by atoms with Crippen LogP contribution in [0.15, 0.2) is 29.3 Å².